The molecule has 3 amide bonds. The number of pyridine rings is 1. The Morgan fingerprint density at radius 2 is 1.79 bits per heavy atom. The number of aromatic nitrogens is 1. The maximum atomic E-state index is 12.3. The minimum atomic E-state index is -1.14. The van der Waals surface area contributed by atoms with Gasteiger partial charge >= 0.3 is 5.97 Å². The molecule has 2 aromatic rings. The van der Waals surface area contributed by atoms with Crippen molar-refractivity contribution in [2.45, 2.75) is 19.4 Å². The topological polar surface area (TPSA) is 106 Å². The SMILES string of the molecule is CC(OC(=O)CCN1C(=O)c2ccccc2C1=O)C(=O)Nc1ncc(Cl)cc1Cl. The van der Waals surface area contributed by atoms with E-state index in [4.69, 9.17) is 27.9 Å². The van der Waals surface area contributed by atoms with Crippen molar-refractivity contribution in [2.75, 3.05) is 11.9 Å². The zero-order valence-corrected chi connectivity index (χ0v) is 16.7. The standard InChI is InChI=1S/C19H15Cl2N3O5/c1-10(17(26)23-16-14(21)8-11(20)9-22-16)29-15(25)6-7-24-18(27)12-4-2-3-5-13(12)19(24)28/h2-5,8-10H,6-7H2,1H3,(H,22,23,26). The number of benzene rings is 1. The number of fused-ring (bicyclic) bond motifs is 1. The Labute approximate surface area is 175 Å². The molecule has 1 atom stereocenters. The van der Waals surface area contributed by atoms with E-state index < -0.39 is 29.8 Å². The van der Waals surface area contributed by atoms with Crippen LogP contribution in [0.1, 0.15) is 34.1 Å². The first-order valence-electron chi connectivity index (χ1n) is 8.54. The first kappa shape index (κ1) is 20.8. The van der Waals surface area contributed by atoms with Gasteiger partial charge in [-0.2, -0.15) is 0 Å². The quantitative estimate of drug-likeness (QED) is 0.552. The normalized spacial score (nSPS) is 13.8. The van der Waals surface area contributed by atoms with E-state index in [9.17, 15) is 19.2 Å². The molecule has 2 heterocycles. The van der Waals surface area contributed by atoms with Crippen molar-refractivity contribution in [3.63, 3.8) is 0 Å². The maximum absolute atomic E-state index is 12.3. The van der Waals surface area contributed by atoms with Gasteiger partial charge in [-0.05, 0) is 25.1 Å². The average Bonchev–Trinajstić information content (AvgIpc) is 2.93. The van der Waals surface area contributed by atoms with Crippen molar-refractivity contribution >= 4 is 52.7 Å². The fourth-order valence-corrected chi connectivity index (χ4v) is 3.11. The summed E-state index contributed by atoms with van der Waals surface area (Å²) in [5.41, 5.74) is 0.594. The lowest BCUT2D eigenvalue weighted by molar-refractivity contribution is -0.153. The molecule has 8 nitrogen and oxygen atoms in total. The zero-order chi connectivity index (χ0) is 21.1. The Kier molecular flexibility index (Phi) is 6.14. The van der Waals surface area contributed by atoms with Gasteiger partial charge in [0.1, 0.15) is 0 Å². The van der Waals surface area contributed by atoms with Crippen molar-refractivity contribution in [2.24, 2.45) is 0 Å². The molecular formula is C19H15Cl2N3O5. The maximum Gasteiger partial charge on any atom is 0.308 e. The summed E-state index contributed by atoms with van der Waals surface area (Å²) in [6.07, 6.45) is -0.0802. The third kappa shape index (κ3) is 4.55. The lowest BCUT2D eigenvalue weighted by Gasteiger charge is -2.16. The monoisotopic (exact) mass is 435 g/mol. The predicted molar refractivity (Wildman–Crippen MR) is 105 cm³/mol. The number of anilines is 1. The van der Waals surface area contributed by atoms with Crippen LogP contribution in [0.3, 0.4) is 0 Å². The van der Waals surface area contributed by atoms with E-state index in [0.717, 1.165) is 4.90 Å². The number of nitrogens with zero attached hydrogens (tertiary/aromatic N) is 2. The van der Waals surface area contributed by atoms with Crippen LogP contribution >= 0.6 is 23.2 Å². The number of halogens is 2. The van der Waals surface area contributed by atoms with Gasteiger partial charge in [0.05, 0.1) is 27.6 Å². The molecule has 0 spiro atoms. The average molecular weight is 436 g/mol. The van der Waals surface area contributed by atoms with Gasteiger partial charge in [-0.25, -0.2) is 4.98 Å². The zero-order valence-electron chi connectivity index (χ0n) is 15.1. The summed E-state index contributed by atoms with van der Waals surface area (Å²) in [6.45, 7) is 1.23. The van der Waals surface area contributed by atoms with Crippen molar-refractivity contribution in [1.82, 2.24) is 9.88 Å². The van der Waals surface area contributed by atoms with Gasteiger partial charge in [0.2, 0.25) is 0 Å². The van der Waals surface area contributed by atoms with E-state index in [1.54, 1.807) is 24.3 Å². The van der Waals surface area contributed by atoms with Crippen LogP contribution in [0.15, 0.2) is 36.5 Å². The van der Waals surface area contributed by atoms with E-state index in [2.05, 4.69) is 10.3 Å². The molecular weight excluding hydrogens is 421 g/mol. The highest BCUT2D eigenvalue weighted by Crippen LogP contribution is 2.23. The van der Waals surface area contributed by atoms with E-state index in [0.29, 0.717) is 16.1 Å². The minimum absolute atomic E-state index is 0.0787. The Bertz CT molecular complexity index is 976. The smallest absolute Gasteiger partial charge is 0.308 e. The molecule has 29 heavy (non-hydrogen) atoms. The summed E-state index contributed by atoms with van der Waals surface area (Å²) in [4.78, 5) is 53.6. The number of ether oxygens (including phenoxy) is 1. The van der Waals surface area contributed by atoms with E-state index in [1.807, 2.05) is 0 Å². The van der Waals surface area contributed by atoms with E-state index >= 15 is 0 Å². The molecule has 0 saturated carbocycles. The highest BCUT2D eigenvalue weighted by Gasteiger charge is 2.35. The van der Waals surface area contributed by atoms with Gasteiger partial charge in [0.15, 0.2) is 11.9 Å². The van der Waals surface area contributed by atoms with Crippen molar-refractivity contribution in [3.05, 3.63) is 57.7 Å². The Morgan fingerprint density at radius 1 is 1.17 bits per heavy atom. The summed E-state index contributed by atoms with van der Waals surface area (Å²) in [5.74, 6) is -2.23. The number of hydrogen-bond acceptors (Lipinski definition) is 6. The number of carbonyl (C=O) groups is 4. The lowest BCUT2D eigenvalue weighted by atomic mass is 10.1. The summed E-state index contributed by atoms with van der Waals surface area (Å²) >= 11 is 11.7. The Morgan fingerprint density at radius 3 is 2.38 bits per heavy atom. The van der Waals surface area contributed by atoms with Gasteiger partial charge < -0.3 is 10.1 Å². The number of hydrogen-bond donors (Lipinski definition) is 1. The van der Waals surface area contributed by atoms with Gasteiger partial charge in [-0.1, -0.05) is 35.3 Å². The van der Waals surface area contributed by atoms with Crippen LogP contribution < -0.4 is 5.32 Å². The second kappa shape index (κ2) is 8.59. The summed E-state index contributed by atoms with van der Waals surface area (Å²) in [5, 5.41) is 2.87. The van der Waals surface area contributed by atoms with Crippen LogP contribution in [0.5, 0.6) is 0 Å². The molecule has 0 saturated heterocycles. The summed E-state index contributed by atoms with van der Waals surface area (Å²) < 4.78 is 5.06. The number of carbonyl (C=O) groups excluding carboxylic acids is 4. The molecule has 0 fully saturated rings. The molecule has 1 unspecified atom stereocenters. The molecule has 3 rings (SSSR count). The molecule has 1 aliphatic rings. The third-order valence-corrected chi connectivity index (χ3v) is 4.64. The number of imide groups is 1. The molecule has 0 radical (unpaired) electrons. The fraction of sp³-hybridized carbons (Fsp3) is 0.211. The first-order chi connectivity index (χ1) is 13.8. The van der Waals surface area contributed by atoms with Gasteiger partial charge in [-0.3, -0.25) is 24.1 Å². The summed E-state index contributed by atoms with van der Waals surface area (Å²) in [6, 6.07) is 7.82. The van der Waals surface area contributed by atoms with Crippen LogP contribution in [-0.2, 0) is 14.3 Å². The van der Waals surface area contributed by atoms with E-state index in [-0.39, 0.29) is 23.8 Å². The lowest BCUT2D eigenvalue weighted by Crippen LogP contribution is -2.34. The Hall–Kier alpha value is -2.97. The highest BCUT2D eigenvalue weighted by molar-refractivity contribution is 6.36. The molecule has 10 heteroatoms. The van der Waals surface area contributed by atoms with Crippen LogP contribution in [0.2, 0.25) is 10.0 Å². The van der Waals surface area contributed by atoms with E-state index in [1.165, 1.54) is 19.2 Å². The highest BCUT2D eigenvalue weighted by atomic mass is 35.5. The first-order valence-corrected chi connectivity index (χ1v) is 9.30. The van der Waals surface area contributed by atoms with Crippen LogP contribution in [-0.4, -0.2) is 46.2 Å². The van der Waals surface area contributed by atoms with Gasteiger partial charge in [0, 0.05) is 12.7 Å². The molecule has 1 N–H and O–H groups in total. The third-order valence-electron chi connectivity index (χ3n) is 4.14. The molecule has 1 aliphatic heterocycles. The number of nitrogens with one attached hydrogen (secondary N) is 1. The van der Waals surface area contributed by atoms with Crippen molar-refractivity contribution < 1.29 is 23.9 Å². The summed E-state index contributed by atoms with van der Waals surface area (Å²) in [7, 11) is 0. The second-order valence-corrected chi connectivity index (χ2v) is 7.01. The largest absolute Gasteiger partial charge is 0.452 e. The van der Waals surface area contributed by atoms with Crippen LogP contribution in [0, 0.1) is 0 Å². The van der Waals surface area contributed by atoms with Crippen LogP contribution in [0.25, 0.3) is 0 Å². The van der Waals surface area contributed by atoms with Gasteiger partial charge in [-0.15, -0.1) is 0 Å². The molecule has 0 bridgehead atoms. The number of esters is 1. The Balaban J connectivity index is 1.52. The minimum Gasteiger partial charge on any atom is -0.452 e. The number of rotatable bonds is 6. The van der Waals surface area contributed by atoms with Crippen molar-refractivity contribution in [1.29, 1.82) is 0 Å². The second-order valence-electron chi connectivity index (χ2n) is 6.16. The molecule has 0 aliphatic carbocycles. The van der Waals surface area contributed by atoms with Gasteiger partial charge in [0.25, 0.3) is 17.7 Å². The van der Waals surface area contributed by atoms with Crippen molar-refractivity contribution in [3.8, 4) is 0 Å². The molecule has 1 aromatic heterocycles. The van der Waals surface area contributed by atoms with Crippen LogP contribution in [0.4, 0.5) is 5.82 Å². The predicted octanol–water partition coefficient (Wildman–Crippen LogP) is 2.94. The number of amides is 3. The molecule has 150 valence electrons. The fourth-order valence-electron chi connectivity index (χ4n) is 2.68. The molecule has 1 aromatic carbocycles.